The van der Waals surface area contributed by atoms with Crippen LogP contribution in [0.4, 0.5) is 0 Å². The van der Waals surface area contributed by atoms with Crippen molar-refractivity contribution in [3.05, 3.63) is 17.0 Å². The number of piperidine rings is 1. The first-order valence-corrected chi connectivity index (χ1v) is 8.80. The zero-order valence-corrected chi connectivity index (χ0v) is 14.6. The van der Waals surface area contributed by atoms with E-state index in [-0.39, 0.29) is 6.04 Å². The van der Waals surface area contributed by atoms with E-state index in [1.807, 2.05) is 16.6 Å². The number of nitrogens with one attached hydrogen (secondary N) is 1. The minimum atomic E-state index is 0.0538. The molecule has 0 radical (unpaired) electrons. The summed E-state index contributed by atoms with van der Waals surface area (Å²) >= 11 is 0. The van der Waals surface area contributed by atoms with Crippen molar-refractivity contribution in [3.63, 3.8) is 0 Å². The molecule has 0 bridgehead atoms. The van der Waals surface area contributed by atoms with Gasteiger partial charge in [0, 0.05) is 51.0 Å². The van der Waals surface area contributed by atoms with Crippen molar-refractivity contribution in [2.24, 2.45) is 7.05 Å². The molecule has 1 N–H and O–H groups in total. The van der Waals surface area contributed by atoms with Crippen molar-refractivity contribution in [3.8, 4) is 0 Å². The van der Waals surface area contributed by atoms with E-state index in [1.165, 1.54) is 24.1 Å². The molecule has 2 saturated heterocycles. The van der Waals surface area contributed by atoms with Crippen LogP contribution in [-0.4, -0.2) is 64.3 Å². The van der Waals surface area contributed by atoms with Crippen molar-refractivity contribution in [1.29, 1.82) is 0 Å². The van der Waals surface area contributed by atoms with Crippen molar-refractivity contribution < 1.29 is 4.79 Å². The smallest absolute Gasteiger partial charge is 0.239 e. The number of carbonyl (C=O) groups excluding carboxylic acids is 1. The average molecular weight is 319 g/mol. The van der Waals surface area contributed by atoms with Gasteiger partial charge in [0.15, 0.2) is 0 Å². The molecule has 2 fully saturated rings. The van der Waals surface area contributed by atoms with Gasteiger partial charge in [-0.3, -0.25) is 14.4 Å². The molecule has 2 aliphatic heterocycles. The minimum absolute atomic E-state index is 0.0538. The number of rotatable bonds is 3. The highest BCUT2D eigenvalue weighted by molar-refractivity contribution is 5.82. The fraction of sp³-hybridized carbons (Fsp3) is 0.765. The van der Waals surface area contributed by atoms with Crippen molar-refractivity contribution in [2.75, 3.05) is 32.7 Å². The van der Waals surface area contributed by atoms with Crippen LogP contribution in [0, 0.1) is 13.8 Å². The van der Waals surface area contributed by atoms with E-state index in [9.17, 15) is 4.79 Å². The lowest BCUT2D eigenvalue weighted by Gasteiger charge is -2.37. The van der Waals surface area contributed by atoms with E-state index in [1.54, 1.807) is 0 Å². The van der Waals surface area contributed by atoms with Crippen LogP contribution in [0.25, 0.3) is 0 Å². The first kappa shape index (κ1) is 16.5. The summed E-state index contributed by atoms with van der Waals surface area (Å²) in [5.74, 6) is 0.304. The standard InChI is InChI=1S/C17H29N5O/c1-13-15(14(2)20(3)19-13)12-21-8-10-22(11-9-21)17(23)16-6-4-5-7-18-16/h16,18H,4-12H2,1-3H3/t16-/m1/s1. The number of amides is 1. The first-order chi connectivity index (χ1) is 11.1. The van der Waals surface area contributed by atoms with Crippen molar-refractivity contribution in [1.82, 2.24) is 24.9 Å². The number of carbonyl (C=O) groups is 1. The highest BCUT2D eigenvalue weighted by Gasteiger charge is 2.28. The summed E-state index contributed by atoms with van der Waals surface area (Å²) in [7, 11) is 2.00. The Morgan fingerprint density at radius 1 is 1.22 bits per heavy atom. The van der Waals surface area contributed by atoms with Crippen LogP contribution in [0.3, 0.4) is 0 Å². The number of aryl methyl sites for hydroxylation is 2. The molecule has 6 heteroatoms. The number of hydrogen-bond acceptors (Lipinski definition) is 4. The molecule has 3 heterocycles. The maximum Gasteiger partial charge on any atom is 0.239 e. The van der Waals surface area contributed by atoms with Crippen molar-refractivity contribution >= 4 is 5.91 Å². The van der Waals surface area contributed by atoms with Gasteiger partial charge >= 0.3 is 0 Å². The van der Waals surface area contributed by atoms with Crippen molar-refractivity contribution in [2.45, 2.75) is 45.7 Å². The molecule has 23 heavy (non-hydrogen) atoms. The predicted molar refractivity (Wildman–Crippen MR) is 90.2 cm³/mol. The molecule has 0 aromatic carbocycles. The Hall–Kier alpha value is -1.40. The fourth-order valence-electron chi connectivity index (χ4n) is 3.68. The SMILES string of the molecule is Cc1nn(C)c(C)c1CN1CCN(C(=O)[C@H]2CCCCN2)CC1. The zero-order valence-electron chi connectivity index (χ0n) is 14.6. The highest BCUT2D eigenvalue weighted by Crippen LogP contribution is 2.17. The van der Waals surface area contributed by atoms with Gasteiger partial charge in [0.2, 0.25) is 5.91 Å². The normalized spacial score (nSPS) is 23.3. The maximum absolute atomic E-state index is 12.6. The first-order valence-electron chi connectivity index (χ1n) is 8.80. The molecule has 6 nitrogen and oxygen atoms in total. The van der Waals surface area contributed by atoms with E-state index in [4.69, 9.17) is 0 Å². The topological polar surface area (TPSA) is 53.4 Å². The molecule has 1 atom stereocenters. The summed E-state index contributed by atoms with van der Waals surface area (Å²) in [6, 6.07) is 0.0538. The van der Waals surface area contributed by atoms with Crippen LogP contribution in [0.5, 0.6) is 0 Å². The summed E-state index contributed by atoms with van der Waals surface area (Å²) < 4.78 is 1.96. The lowest BCUT2D eigenvalue weighted by atomic mass is 10.0. The number of piperazine rings is 1. The zero-order chi connectivity index (χ0) is 16.4. The van der Waals surface area contributed by atoms with Gasteiger partial charge < -0.3 is 10.2 Å². The third-order valence-corrected chi connectivity index (χ3v) is 5.33. The van der Waals surface area contributed by atoms with E-state index in [0.29, 0.717) is 5.91 Å². The lowest BCUT2D eigenvalue weighted by molar-refractivity contribution is -0.135. The predicted octanol–water partition coefficient (Wildman–Crippen LogP) is 0.823. The molecule has 128 valence electrons. The van der Waals surface area contributed by atoms with Crippen LogP contribution in [0.15, 0.2) is 0 Å². The Labute approximate surface area is 138 Å². The Morgan fingerprint density at radius 2 is 1.96 bits per heavy atom. The molecule has 2 aliphatic rings. The molecular weight excluding hydrogens is 290 g/mol. The van der Waals surface area contributed by atoms with Gasteiger partial charge in [-0.2, -0.15) is 5.10 Å². The highest BCUT2D eigenvalue weighted by atomic mass is 16.2. The number of aromatic nitrogens is 2. The quantitative estimate of drug-likeness (QED) is 0.896. The van der Waals surface area contributed by atoms with Gasteiger partial charge in [-0.25, -0.2) is 0 Å². The molecule has 0 spiro atoms. The molecule has 3 rings (SSSR count). The van der Waals surface area contributed by atoms with Crippen LogP contribution in [0.2, 0.25) is 0 Å². The van der Waals surface area contributed by atoms with E-state index in [0.717, 1.165) is 51.4 Å². The monoisotopic (exact) mass is 319 g/mol. The van der Waals surface area contributed by atoms with E-state index < -0.39 is 0 Å². The molecule has 0 aliphatic carbocycles. The largest absolute Gasteiger partial charge is 0.339 e. The molecular formula is C17H29N5O. The van der Waals surface area contributed by atoms with Crippen LogP contribution >= 0.6 is 0 Å². The molecule has 1 amide bonds. The molecule has 1 aromatic heterocycles. The summed E-state index contributed by atoms with van der Waals surface area (Å²) in [5.41, 5.74) is 3.70. The lowest BCUT2D eigenvalue weighted by Crippen LogP contribution is -2.54. The van der Waals surface area contributed by atoms with Gasteiger partial charge in [0.25, 0.3) is 0 Å². The van der Waals surface area contributed by atoms with E-state index >= 15 is 0 Å². The Bertz CT molecular complexity index is 554. The average Bonchev–Trinajstić information content (AvgIpc) is 2.82. The van der Waals surface area contributed by atoms with E-state index in [2.05, 4.69) is 29.2 Å². The molecule has 0 saturated carbocycles. The van der Waals surface area contributed by atoms with Gasteiger partial charge in [-0.15, -0.1) is 0 Å². The Balaban J connectivity index is 1.53. The molecule has 1 aromatic rings. The Morgan fingerprint density at radius 3 is 2.52 bits per heavy atom. The van der Waals surface area contributed by atoms with Gasteiger partial charge in [0.1, 0.15) is 0 Å². The second-order valence-corrected chi connectivity index (χ2v) is 6.88. The number of nitrogens with zero attached hydrogens (tertiary/aromatic N) is 4. The summed E-state index contributed by atoms with van der Waals surface area (Å²) in [6.45, 7) is 9.72. The third-order valence-electron chi connectivity index (χ3n) is 5.33. The third kappa shape index (κ3) is 3.58. The summed E-state index contributed by atoms with van der Waals surface area (Å²) in [4.78, 5) is 17.0. The molecule has 0 unspecified atom stereocenters. The Kier molecular flexibility index (Phi) is 5.02. The van der Waals surface area contributed by atoms with Gasteiger partial charge in [0.05, 0.1) is 11.7 Å². The fourth-order valence-corrected chi connectivity index (χ4v) is 3.68. The second-order valence-electron chi connectivity index (χ2n) is 6.88. The number of hydrogen-bond donors (Lipinski definition) is 1. The summed E-state index contributed by atoms with van der Waals surface area (Å²) in [5, 5.41) is 7.87. The van der Waals surface area contributed by atoms with Gasteiger partial charge in [-0.05, 0) is 33.2 Å². The van der Waals surface area contributed by atoms with Gasteiger partial charge in [-0.1, -0.05) is 6.42 Å². The maximum atomic E-state index is 12.6. The van der Waals surface area contributed by atoms with Crippen LogP contribution < -0.4 is 5.32 Å². The summed E-state index contributed by atoms with van der Waals surface area (Å²) in [6.07, 6.45) is 3.36. The second kappa shape index (κ2) is 7.01. The minimum Gasteiger partial charge on any atom is -0.339 e. The van der Waals surface area contributed by atoms with Crippen LogP contribution in [-0.2, 0) is 18.4 Å². The van der Waals surface area contributed by atoms with Crippen LogP contribution in [0.1, 0.15) is 36.2 Å².